The number of nitrogens with one attached hydrogen (secondary N) is 1. The Morgan fingerprint density at radius 1 is 0.969 bits per heavy atom. The summed E-state index contributed by atoms with van der Waals surface area (Å²) >= 11 is 0. The fourth-order valence-electron chi connectivity index (χ4n) is 4.05. The fourth-order valence-corrected chi connectivity index (χ4v) is 4.05. The number of hydrogen-bond acceptors (Lipinski definition) is 4. The van der Waals surface area contributed by atoms with E-state index in [1.165, 1.54) is 16.7 Å². The van der Waals surface area contributed by atoms with Crippen molar-refractivity contribution in [3.05, 3.63) is 70.4 Å². The van der Waals surface area contributed by atoms with Crippen LogP contribution in [0.2, 0.25) is 0 Å². The molecule has 1 fully saturated rings. The molecule has 0 aliphatic carbocycles. The van der Waals surface area contributed by atoms with Crippen LogP contribution in [0, 0.1) is 27.7 Å². The molecule has 0 spiro atoms. The third-order valence-electron chi connectivity index (χ3n) is 6.14. The standard InChI is InChI=1S/C26H32N4O2/c1-18-5-8-24(21(4)15-18)30-25(26(31)27-9-10-29-11-13-32-14-12-29)17-23(28-30)22-7-6-19(2)20(3)16-22/h5-8,15-17H,9-14H2,1-4H3,(H,27,31). The van der Waals surface area contributed by atoms with Crippen molar-refractivity contribution in [1.29, 1.82) is 0 Å². The van der Waals surface area contributed by atoms with Gasteiger partial charge in [-0.3, -0.25) is 9.69 Å². The van der Waals surface area contributed by atoms with Crippen LogP contribution in [0.4, 0.5) is 0 Å². The summed E-state index contributed by atoms with van der Waals surface area (Å²) in [6.45, 7) is 13.1. The molecule has 1 N–H and O–H groups in total. The normalized spacial score (nSPS) is 14.5. The summed E-state index contributed by atoms with van der Waals surface area (Å²) in [5, 5.41) is 7.95. The van der Waals surface area contributed by atoms with E-state index in [0.29, 0.717) is 12.2 Å². The molecular formula is C26H32N4O2. The van der Waals surface area contributed by atoms with Crippen molar-refractivity contribution in [3.63, 3.8) is 0 Å². The average Bonchev–Trinajstić information content (AvgIpc) is 3.21. The lowest BCUT2D eigenvalue weighted by Gasteiger charge is -2.26. The van der Waals surface area contributed by atoms with Gasteiger partial charge in [0.15, 0.2) is 0 Å². The van der Waals surface area contributed by atoms with E-state index in [1.54, 1.807) is 4.68 Å². The molecule has 1 saturated heterocycles. The lowest BCUT2D eigenvalue weighted by Crippen LogP contribution is -2.41. The lowest BCUT2D eigenvalue weighted by molar-refractivity contribution is 0.0383. The van der Waals surface area contributed by atoms with Crippen molar-refractivity contribution in [2.24, 2.45) is 0 Å². The van der Waals surface area contributed by atoms with E-state index in [2.05, 4.69) is 68.2 Å². The molecule has 0 saturated carbocycles. The van der Waals surface area contributed by atoms with Crippen LogP contribution < -0.4 is 5.32 Å². The van der Waals surface area contributed by atoms with Gasteiger partial charge >= 0.3 is 0 Å². The average molecular weight is 433 g/mol. The molecule has 1 aliphatic rings. The number of ether oxygens (including phenoxy) is 1. The van der Waals surface area contributed by atoms with E-state index in [9.17, 15) is 4.79 Å². The number of hydrogen-bond donors (Lipinski definition) is 1. The van der Waals surface area contributed by atoms with Crippen molar-refractivity contribution < 1.29 is 9.53 Å². The number of amides is 1. The number of carbonyl (C=O) groups excluding carboxylic acids is 1. The molecular weight excluding hydrogens is 400 g/mol. The van der Waals surface area contributed by atoms with E-state index in [4.69, 9.17) is 9.84 Å². The number of benzene rings is 2. The summed E-state index contributed by atoms with van der Waals surface area (Å²) in [4.78, 5) is 15.5. The molecule has 0 unspecified atom stereocenters. The van der Waals surface area contributed by atoms with Gasteiger partial charge < -0.3 is 10.1 Å². The highest BCUT2D eigenvalue weighted by atomic mass is 16.5. The second-order valence-electron chi connectivity index (χ2n) is 8.63. The monoisotopic (exact) mass is 432 g/mol. The van der Waals surface area contributed by atoms with E-state index < -0.39 is 0 Å². The maximum atomic E-state index is 13.2. The highest BCUT2D eigenvalue weighted by Gasteiger charge is 2.19. The van der Waals surface area contributed by atoms with Crippen LogP contribution in [0.1, 0.15) is 32.7 Å². The largest absolute Gasteiger partial charge is 0.379 e. The second kappa shape index (κ2) is 9.67. The Labute approximate surface area is 190 Å². The molecule has 6 nitrogen and oxygen atoms in total. The highest BCUT2D eigenvalue weighted by molar-refractivity contribution is 5.94. The topological polar surface area (TPSA) is 59.4 Å². The molecule has 0 bridgehead atoms. The Morgan fingerprint density at radius 3 is 2.47 bits per heavy atom. The number of carbonyl (C=O) groups is 1. The van der Waals surface area contributed by atoms with Gasteiger partial charge in [0.1, 0.15) is 5.69 Å². The first-order chi connectivity index (χ1) is 15.4. The van der Waals surface area contributed by atoms with Crippen molar-refractivity contribution in [2.45, 2.75) is 27.7 Å². The summed E-state index contributed by atoms with van der Waals surface area (Å²) in [7, 11) is 0. The number of aromatic nitrogens is 2. The lowest BCUT2D eigenvalue weighted by atomic mass is 10.0. The minimum Gasteiger partial charge on any atom is -0.379 e. The second-order valence-corrected chi connectivity index (χ2v) is 8.63. The van der Waals surface area contributed by atoms with Gasteiger partial charge in [-0.05, 0) is 62.6 Å². The Kier molecular flexibility index (Phi) is 6.72. The van der Waals surface area contributed by atoms with Crippen molar-refractivity contribution in [3.8, 4) is 16.9 Å². The summed E-state index contributed by atoms with van der Waals surface area (Å²) in [5.74, 6) is -0.110. The summed E-state index contributed by atoms with van der Waals surface area (Å²) in [5.41, 5.74) is 8.00. The van der Waals surface area contributed by atoms with Crippen molar-refractivity contribution >= 4 is 5.91 Å². The molecule has 4 rings (SSSR count). The number of morpholine rings is 1. The van der Waals surface area contributed by atoms with Gasteiger partial charge in [0.25, 0.3) is 5.91 Å². The predicted molar refractivity (Wildman–Crippen MR) is 128 cm³/mol. The van der Waals surface area contributed by atoms with E-state index in [-0.39, 0.29) is 5.91 Å². The molecule has 2 aromatic carbocycles. The van der Waals surface area contributed by atoms with Crippen LogP contribution in [0.3, 0.4) is 0 Å². The molecule has 1 amide bonds. The smallest absolute Gasteiger partial charge is 0.270 e. The maximum Gasteiger partial charge on any atom is 0.270 e. The Morgan fingerprint density at radius 2 is 1.75 bits per heavy atom. The van der Waals surface area contributed by atoms with Crippen molar-refractivity contribution in [2.75, 3.05) is 39.4 Å². The first-order valence-corrected chi connectivity index (χ1v) is 11.3. The van der Waals surface area contributed by atoms with Crippen LogP contribution in [0.5, 0.6) is 0 Å². The molecule has 0 radical (unpaired) electrons. The van der Waals surface area contributed by atoms with Gasteiger partial charge in [-0.15, -0.1) is 0 Å². The predicted octanol–water partition coefficient (Wildman–Crippen LogP) is 3.83. The zero-order chi connectivity index (χ0) is 22.7. The number of rotatable bonds is 6. The minimum atomic E-state index is -0.110. The number of nitrogens with zero attached hydrogens (tertiary/aromatic N) is 3. The molecule has 6 heteroatoms. The Hall–Kier alpha value is -2.96. The molecule has 168 valence electrons. The highest BCUT2D eigenvalue weighted by Crippen LogP contribution is 2.25. The molecule has 0 atom stereocenters. The zero-order valence-corrected chi connectivity index (χ0v) is 19.4. The third kappa shape index (κ3) is 4.92. The first kappa shape index (κ1) is 22.2. The zero-order valence-electron chi connectivity index (χ0n) is 19.4. The quantitative estimate of drug-likeness (QED) is 0.643. The van der Waals surface area contributed by atoms with Crippen LogP contribution in [-0.2, 0) is 4.74 Å². The molecule has 1 aliphatic heterocycles. The summed E-state index contributed by atoms with van der Waals surface area (Å²) < 4.78 is 7.18. The summed E-state index contributed by atoms with van der Waals surface area (Å²) in [6, 6.07) is 14.4. The van der Waals surface area contributed by atoms with E-state index in [0.717, 1.165) is 55.4 Å². The van der Waals surface area contributed by atoms with Gasteiger partial charge in [0, 0.05) is 31.7 Å². The van der Waals surface area contributed by atoms with Crippen LogP contribution >= 0.6 is 0 Å². The van der Waals surface area contributed by atoms with Gasteiger partial charge in [0.2, 0.25) is 0 Å². The number of aryl methyl sites for hydroxylation is 4. The minimum absolute atomic E-state index is 0.110. The molecule has 32 heavy (non-hydrogen) atoms. The molecule has 2 heterocycles. The third-order valence-corrected chi connectivity index (χ3v) is 6.14. The first-order valence-electron chi connectivity index (χ1n) is 11.3. The van der Waals surface area contributed by atoms with E-state index in [1.807, 2.05) is 12.1 Å². The molecule has 3 aromatic rings. The Balaban J connectivity index is 1.63. The van der Waals surface area contributed by atoms with Crippen LogP contribution in [-0.4, -0.2) is 60.0 Å². The van der Waals surface area contributed by atoms with Crippen molar-refractivity contribution in [1.82, 2.24) is 20.0 Å². The SMILES string of the molecule is Cc1ccc(-n2nc(-c3ccc(C)c(C)c3)cc2C(=O)NCCN2CCOCC2)c(C)c1. The Bertz CT molecular complexity index is 1110. The van der Waals surface area contributed by atoms with Gasteiger partial charge in [0.05, 0.1) is 24.6 Å². The molecule has 1 aromatic heterocycles. The van der Waals surface area contributed by atoms with Gasteiger partial charge in [-0.1, -0.05) is 29.8 Å². The maximum absolute atomic E-state index is 13.2. The van der Waals surface area contributed by atoms with Crippen LogP contribution in [0.15, 0.2) is 42.5 Å². The fraction of sp³-hybridized carbons (Fsp3) is 0.385. The van der Waals surface area contributed by atoms with E-state index >= 15 is 0 Å². The van der Waals surface area contributed by atoms with Gasteiger partial charge in [-0.25, -0.2) is 4.68 Å². The van der Waals surface area contributed by atoms with Crippen LogP contribution in [0.25, 0.3) is 16.9 Å². The van der Waals surface area contributed by atoms with Gasteiger partial charge in [-0.2, -0.15) is 5.10 Å². The summed E-state index contributed by atoms with van der Waals surface area (Å²) in [6.07, 6.45) is 0.